The number of ether oxygens (including phenoxy) is 1. The minimum atomic E-state index is -2.45. The van der Waals surface area contributed by atoms with Gasteiger partial charge < -0.3 is 28.6 Å². The molecule has 0 aliphatic carbocycles. The Labute approximate surface area is 134 Å². The van der Waals surface area contributed by atoms with Crippen molar-refractivity contribution >= 4 is 14.8 Å². The van der Waals surface area contributed by atoms with Crippen molar-refractivity contribution < 1.29 is 22.8 Å². The number of rotatable bonds is 13. The Bertz CT molecular complexity index is 327. The van der Waals surface area contributed by atoms with E-state index in [0.717, 1.165) is 37.8 Å². The summed E-state index contributed by atoms with van der Waals surface area (Å²) in [5.74, 6) is -0.319. The van der Waals surface area contributed by atoms with Crippen molar-refractivity contribution in [2.75, 3.05) is 47.6 Å². The van der Waals surface area contributed by atoms with Gasteiger partial charge in [-0.2, -0.15) is 0 Å². The van der Waals surface area contributed by atoms with E-state index in [-0.39, 0.29) is 5.97 Å². The topological polar surface area (TPSA) is 78.1 Å². The third-order valence-corrected chi connectivity index (χ3v) is 5.93. The summed E-state index contributed by atoms with van der Waals surface area (Å²) in [5.41, 5.74) is 0.796. The van der Waals surface area contributed by atoms with Crippen molar-refractivity contribution in [1.82, 2.24) is 10.6 Å². The molecule has 8 heteroatoms. The van der Waals surface area contributed by atoms with Gasteiger partial charge in [0.05, 0.1) is 6.61 Å². The smallest absolute Gasteiger partial charge is 0.463 e. The van der Waals surface area contributed by atoms with Crippen molar-refractivity contribution in [3.63, 3.8) is 0 Å². The van der Waals surface area contributed by atoms with Crippen LogP contribution < -0.4 is 10.6 Å². The lowest BCUT2D eigenvalue weighted by molar-refractivity contribution is -0.137. The van der Waals surface area contributed by atoms with E-state index in [1.165, 1.54) is 6.08 Å². The van der Waals surface area contributed by atoms with E-state index in [2.05, 4.69) is 10.6 Å². The lowest BCUT2D eigenvalue weighted by Gasteiger charge is -2.24. The first-order valence-corrected chi connectivity index (χ1v) is 9.41. The van der Waals surface area contributed by atoms with Crippen LogP contribution in [0.1, 0.15) is 20.3 Å². The Hall–Kier alpha value is -0.933. The summed E-state index contributed by atoms with van der Waals surface area (Å²) >= 11 is 0. The first kappa shape index (κ1) is 21.1. The Balaban J connectivity index is 3.72. The standard InChI is InChI=1S/C14H30N2O5Si/c1-6-21-14(17)12-13(2)16-10-9-15-8-7-11-22(18-3,19-4)20-5/h12,15-16H,6-11H2,1-5H3. The van der Waals surface area contributed by atoms with E-state index in [1.807, 2.05) is 6.92 Å². The molecular formula is C14H30N2O5Si. The third kappa shape index (κ3) is 9.16. The van der Waals surface area contributed by atoms with Gasteiger partial charge in [0.2, 0.25) is 0 Å². The normalized spacial score (nSPS) is 12.3. The van der Waals surface area contributed by atoms with Crippen molar-refractivity contribution in [3.8, 4) is 0 Å². The lowest BCUT2D eigenvalue weighted by Crippen LogP contribution is -2.43. The molecule has 22 heavy (non-hydrogen) atoms. The van der Waals surface area contributed by atoms with Gasteiger partial charge in [0.25, 0.3) is 0 Å². The molecule has 0 aliphatic heterocycles. The highest BCUT2D eigenvalue weighted by molar-refractivity contribution is 6.60. The molecule has 130 valence electrons. The van der Waals surface area contributed by atoms with E-state index in [4.69, 9.17) is 18.0 Å². The summed E-state index contributed by atoms with van der Waals surface area (Å²) in [6.07, 6.45) is 2.37. The monoisotopic (exact) mass is 334 g/mol. The second kappa shape index (κ2) is 12.6. The van der Waals surface area contributed by atoms with Gasteiger partial charge in [-0.1, -0.05) is 0 Å². The molecule has 7 nitrogen and oxygen atoms in total. The number of carbonyl (C=O) groups excluding carboxylic acids is 1. The van der Waals surface area contributed by atoms with Crippen LogP contribution in [-0.4, -0.2) is 62.3 Å². The Morgan fingerprint density at radius 3 is 2.27 bits per heavy atom. The zero-order valence-electron chi connectivity index (χ0n) is 14.4. The summed E-state index contributed by atoms with van der Waals surface area (Å²) in [7, 11) is 2.41. The van der Waals surface area contributed by atoms with Crippen LogP contribution in [0.4, 0.5) is 0 Å². The summed E-state index contributed by atoms with van der Waals surface area (Å²) in [4.78, 5) is 11.2. The van der Waals surface area contributed by atoms with Gasteiger partial charge in [-0.25, -0.2) is 4.79 Å². The maximum Gasteiger partial charge on any atom is 0.500 e. The second-order valence-electron chi connectivity index (χ2n) is 4.66. The van der Waals surface area contributed by atoms with Crippen LogP contribution in [0.25, 0.3) is 0 Å². The third-order valence-electron chi connectivity index (χ3n) is 3.10. The molecule has 0 heterocycles. The fraction of sp³-hybridized carbons (Fsp3) is 0.786. The van der Waals surface area contributed by atoms with Crippen molar-refractivity contribution in [1.29, 1.82) is 0 Å². The molecule has 0 bridgehead atoms. The maximum atomic E-state index is 11.2. The average molecular weight is 334 g/mol. The molecule has 0 atom stereocenters. The number of allylic oxidation sites excluding steroid dienone is 1. The summed E-state index contributed by atoms with van der Waals surface area (Å²) in [5, 5.41) is 6.46. The van der Waals surface area contributed by atoms with Crippen LogP contribution in [0.3, 0.4) is 0 Å². The highest BCUT2D eigenvalue weighted by Gasteiger charge is 2.36. The fourth-order valence-corrected chi connectivity index (χ4v) is 3.59. The van der Waals surface area contributed by atoms with Gasteiger partial charge in [-0.05, 0) is 26.8 Å². The molecule has 0 radical (unpaired) electrons. The van der Waals surface area contributed by atoms with Crippen LogP contribution in [-0.2, 0) is 22.8 Å². The van der Waals surface area contributed by atoms with E-state index < -0.39 is 8.80 Å². The number of nitrogens with one attached hydrogen (secondary N) is 2. The molecule has 0 aromatic heterocycles. The number of hydrogen-bond acceptors (Lipinski definition) is 7. The van der Waals surface area contributed by atoms with Crippen LogP contribution in [0.2, 0.25) is 6.04 Å². The Morgan fingerprint density at radius 1 is 1.09 bits per heavy atom. The van der Waals surface area contributed by atoms with E-state index >= 15 is 0 Å². The second-order valence-corrected chi connectivity index (χ2v) is 7.75. The van der Waals surface area contributed by atoms with E-state index in [1.54, 1.807) is 28.3 Å². The van der Waals surface area contributed by atoms with Gasteiger partial charge in [0, 0.05) is 52.2 Å². The molecule has 0 unspecified atom stereocenters. The minimum Gasteiger partial charge on any atom is -0.463 e. The largest absolute Gasteiger partial charge is 0.500 e. The SMILES string of the molecule is CCOC(=O)C=C(C)NCCNCCC[Si](OC)(OC)OC. The van der Waals surface area contributed by atoms with Gasteiger partial charge in [0.1, 0.15) is 0 Å². The van der Waals surface area contributed by atoms with Gasteiger partial charge in [-0.3, -0.25) is 0 Å². The van der Waals surface area contributed by atoms with E-state index in [9.17, 15) is 4.79 Å². The molecule has 0 aromatic rings. The van der Waals surface area contributed by atoms with Crippen molar-refractivity contribution in [2.24, 2.45) is 0 Å². The quantitative estimate of drug-likeness (QED) is 0.224. The number of hydrogen-bond donors (Lipinski definition) is 2. The predicted molar refractivity (Wildman–Crippen MR) is 87.5 cm³/mol. The van der Waals surface area contributed by atoms with Crippen LogP contribution >= 0.6 is 0 Å². The minimum absolute atomic E-state index is 0.319. The zero-order valence-corrected chi connectivity index (χ0v) is 15.4. The first-order valence-electron chi connectivity index (χ1n) is 7.48. The van der Waals surface area contributed by atoms with Crippen LogP contribution in [0, 0.1) is 0 Å². The summed E-state index contributed by atoms with van der Waals surface area (Å²) in [6, 6.07) is 0.777. The fourth-order valence-electron chi connectivity index (χ4n) is 1.87. The molecule has 0 rings (SSSR count). The Kier molecular flexibility index (Phi) is 12.1. The van der Waals surface area contributed by atoms with Gasteiger partial charge >= 0.3 is 14.8 Å². The summed E-state index contributed by atoms with van der Waals surface area (Å²) in [6.45, 7) is 6.41. The molecule has 0 fully saturated rings. The maximum absolute atomic E-state index is 11.2. The summed E-state index contributed by atoms with van der Waals surface area (Å²) < 4.78 is 20.9. The van der Waals surface area contributed by atoms with E-state index in [0.29, 0.717) is 6.61 Å². The lowest BCUT2D eigenvalue weighted by atomic mass is 10.4. The zero-order chi connectivity index (χ0) is 16.8. The van der Waals surface area contributed by atoms with Crippen LogP contribution in [0.5, 0.6) is 0 Å². The molecule has 0 amide bonds. The first-order chi connectivity index (χ1) is 10.5. The molecule has 0 aromatic carbocycles. The van der Waals surface area contributed by atoms with Crippen molar-refractivity contribution in [3.05, 3.63) is 11.8 Å². The molecule has 0 spiro atoms. The molecule has 0 saturated carbocycles. The molecular weight excluding hydrogens is 304 g/mol. The van der Waals surface area contributed by atoms with Gasteiger partial charge in [-0.15, -0.1) is 0 Å². The average Bonchev–Trinajstić information content (AvgIpc) is 2.51. The molecule has 2 N–H and O–H groups in total. The predicted octanol–water partition coefficient (Wildman–Crippen LogP) is 0.901. The van der Waals surface area contributed by atoms with Crippen LogP contribution in [0.15, 0.2) is 11.8 Å². The Morgan fingerprint density at radius 2 is 1.73 bits per heavy atom. The highest BCUT2D eigenvalue weighted by Crippen LogP contribution is 2.14. The van der Waals surface area contributed by atoms with Gasteiger partial charge in [0.15, 0.2) is 0 Å². The number of esters is 1. The molecule has 0 saturated heterocycles. The highest BCUT2D eigenvalue weighted by atomic mass is 28.4. The van der Waals surface area contributed by atoms with Crippen molar-refractivity contribution in [2.45, 2.75) is 26.3 Å². The number of carbonyl (C=O) groups is 1. The molecule has 0 aliphatic rings.